The summed E-state index contributed by atoms with van der Waals surface area (Å²) in [7, 11) is 1.00. The van der Waals surface area contributed by atoms with Gasteiger partial charge in [-0.25, -0.2) is 0 Å². The third kappa shape index (κ3) is 27.5. The van der Waals surface area contributed by atoms with Crippen LogP contribution < -0.4 is 0 Å². The zero-order valence-corrected chi connectivity index (χ0v) is 4.59. The van der Waals surface area contributed by atoms with Crippen molar-refractivity contribution in [1.29, 1.82) is 0 Å². The van der Waals surface area contributed by atoms with E-state index >= 15 is 0 Å². The van der Waals surface area contributed by atoms with Crippen LogP contribution in [0.1, 0.15) is 6.42 Å². The Kier molecular flexibility index (Phi) is 24.4. The van der Waals surface area contributed by atoms with Crippen molar-refractivity contribution in [3.63, 3.8) is 0 Å². The molecule has 0 saturated carbocycles. The van der Waals surface area contributed by atoms with Gasteiger partial charge in [0.05, 0.1) is 0 Å². The maximum atomic E-state index is 8.00. The monoisotopic (exact) mass is 104 g/mol. The summed E-state index contributed by atoms with van der Waals surface area (Å²) in [4.78, 5) is 0. The molecule has 0 rings (SSSR count). The van der Waals surface area contributed by atoms with Gasteiger partial charge in [-0.2, -0.15) is 0 Å². The van der Waals surface area contributed by atoms with E-state index < -0.39 is 0 Å². The fraction of sp³-hybridized carbons (Fsp3) is 0.600. The van der Waals surface area contributed by atoms with Gasteiger partial charge in [-0.1, -0.05) is 6.08 Å². The lowest BCUT2D eigenvalue weighted by Crippen LogP contribution is -1.71. The second kappa shape index (κ2) is 17.4. The molecule has 0 heterocycles. The highest BCUT2D eigenvalue weighted by molar-refractivity contribution is 4.63. The molecule has 0 radical (unpaired) electrons. The van der Waals surface area contributed by atoms with E-state index in [1.807, 2.05) is 0 Å². The zero-order chi connectivity index (χ0) is 6.12. The van der Waals surface area contributed by atoms with E-state index in [0.717, 1.165) is 7.11 Å². The van der Waals surface area contributed by atoms with Crippen LogP contribution in [0.5, 0.6) is 0 Å². The first-order valence-electron chi connectivity index (χ1n) is 2.08. The minimum Gasteiger partial charge on any atom is -0.400 e. The molecule has 0 saturated heterocycles. The van der Waals surface area contributed by atoms with Gasteiger partial charge in [-0.15, -0.1) is 6.58 Å². The van der Waals surface area contributed by atoms with Crippen LogP contribution in [-0.2, 0) is 0 Å². The van der Waals surface area contributed by atoms with Crippen LogP contribution in [0.3, 0.4) is 0 Å². The van der Waals surface area contributed by atoms with Crippen LogP contribution in [-0.4, -0.2) is 23.9 Å². The molecule has 0 atom stereocenters. The van der Waals surface area contributed by atoms with Crippen molar-refractivity contribution < 1.29 is 10.2 Å². The molecule has 0 aliphatic carbocycles. The molecule has 0 spiro atoms. The molecule has 0 aliphatic rings. The average molecular weight is 104 g/mol. The van der Waals surface area contributed by atoms with Gasteiger partial charge in [0.2, 0.25) is 0 Å². The highest BCUT2D eigenvalue weighted by Crippen LogP contribution is 1.69. The van der Waals surface area contributed by atoms with Gasteiger partial charge in [-0.05, 0) is 6.42 Å². The lowest BCUT2D eigenvalue weighted by molar-refractivity contribution is 0.303. The van der Waals surface area contributed by atoms with Crippen molar-refractivity contribution in [3.05, 3.63) is 12.7 Å². The lowest BCUT2D eigenvalue weighted by atomic mass is 10.5. The summed E-state index contributed by atoms with van der Waals surface area (Å²) in [6, 6.07) is 0. The van der Waals surface area contributed by atoms with Crippen molar-refractivity contribution in [2.24, 2.45) is 0 Å². The normalized spacial score (nSPS) is 6.14. The van der Waals surface area contributed by atoms with Crippen LogP contribution in [0.25, 0.3) is 0 Å². The predicted octanol–water partition coefficient (Wildman–Crippen LogP) is 0.163. The Morgan fingerprint density at radius 1 is 1.57 bits per heavy atom. The SMILES string of the molecule is C=CCCO.CO. The minimum absolute atomic E-state index is 0.226. The second-order valence-corrected chi connectivity index (χ2v) is 0.801. The highest BCUT2D eigenvalue weighted by atomic mass is 16.3. The Labute approximate surface area is 44.1 Å². The third-order valence-electron chi connectivity index (χ3n) is 0.333. The van der Waals surface area contributed by atoms with Crippen molar-refractivity contribution >= 4 is 0 Å². The lowest BCUT2D eigenvalue weighted by Gasteiger charge is -1.73. The summed E-state index contributed by atoms with van der Waals surface area (Å²) < 4.78 is 0. The number of hydrogen-bond donors (Lipinski definition) is 2. The largest absolute Gasteiger partial charge is 0.400 e. The molecule has 0 bridgehead atoms. The van der Waals surface area contributed by atoms with E-state index in [4.69, 9.17) is 10.2 Å². The summed E-state index contributed by atoms with van der Waals surface area (Å²) in [6.07, 6.45) is 2.39. The topological polar surface area (TPSA) is 40.5 Å². The molecule has 2 heteroatoms. The Morgan fingerprint density at radius 2 is 2.00 bits per heavy atom. The smallest absolute Gasteiger partial charge is 0.0465 e. The summed E-state index contributed by atoms with van der Waals surface area (Å²) >= 11 is 0. The molecule has 0 unspecified atom stereocenters. The molecule has 0 amide bonds. The van der Waals surface area contributed by atoms with Crippen molar-refractivity contribution in [2.45, 2.75) is 6.42 Å². The number of aliphatic hydroxyl groups excluding tert-OH is 2. The van der Waals surface area contributed by atoms with E-state index in [0.29, 0.717) is 6.42 Å². The zero-order valence-electron chi connectivity index (χ0n) is 4.59. The maximum absolute atomic E-state index is 8.00. The summed E-state index contributed by atoms with van der Waals surface area (Å²) in [5.74, 6) is 0. The predicted molar refractivity (Wildman–Crippen MR) is 30.0 cm³/mol. The molecular formula is C5H12O2. The Balaban J connectivity index is 0. The fourth-order valence-corrected chi connectivity index (χ4v) is 0.0913. The number of aliphatic hydroxyl groups is 2. The van der Waals surface area contributed by atoms with Crippen LogP contribution in [0.2, 0.25) is 0 Å². The van der Waals surface area contributed by atoms with Crippen molar-refractivity contribution in [3.8, 4) is 0 Å². The maximum Gasteiger partial charge on any atom is 0.0465 e. The van der Waals surface area contributed by atoms with Gasteiger partial charge in [0.1, 0.15) is 0 Å². The Morgan fingerprint density at radius 3 is 2.00 bits per heavy atom. The molecule has 7 heavy (non-hydrogen) atoms. The molecule has 0 aliphatic heterocycles. The molecule has 44 valence electrons. The van der Waals surface area contributed by atoms with Crippen LogP contribution in [0, 0.1) is 0 Å². The van der Waals surface area contributed by atoms with Gasteiger partial charge < -0.3 is 10.2 Å². The van der Waals surface area contributed by atoms with Gasteiger partial charge in [0.25, 0.3) is 0 Å². The van der Waals surface area contributed by atoms with Crippen LogP contribution >= 0.6 is 0 Å². The quantitative estimate of drug-likeness (QED) is 0.490. The minimum atomic E-state index is 0.226. The van der Waals surface area contributed by atoms with Gasteiger partial charge in [0, 0.05) is 13.7 Å². The van der Waals surface area contributed by atoms with Gasteiger partial charge in [-0.3, -0.25) is 0 Å². The molecule has 0 fully saturated rings. The molecule has 0 aromatic carbocycles. The molecule has 2 N–H and O–H groups in total. The van der Waals surface area contributed by atoms with Gasteiger partial charge in [0.15, 0.2) is 0 Å². The molecule has 0 aromatic heterocycles. The fourth-order valence-electron chi connectivity index (χ4n) is 0.0913. The van der Waals surface area contributed by atoms with Crippen molar-refractivity contribution in [2.75, 3.05) is 13.7 Å². The Bertz CT molecular complexity index is 27.3. The van der Waals surface area contributed by atoms with Crippen LogP contribution in [0.15, 0.2) is 12.7 Å². The highest BCUT2D eigenvalue weighted by Gasteiger charge is 1.62. The summed E-state index contributed by atoms with van der Waals surface area (Å²) in [5, 5.41) is 15.0. The van der Waals surface area contributed by atoms with E-state index in [1.165, 1.54) is 0 Å². The van der Waals surface area contributed by atoms with E-state index in [2.05, 4.69) is 6.58 Å². The summed E-state index contributed by atoms with van der Waals surface area (Å²) in [6.45, 7) is 3.62. The van der Waals surface area contributed by atoms with E-state index in [9.17, 15) is 0 Å². The average Bonchev–Trinajstić information content (AvgIpc) is 1.75. The van der Waals surface area contributed by atoms with Gasteiger partial charge >= 0.3 is 0 Å². The first kappa shape index (κ1) is 9.83. The standard InChI is InChI=1S/C4H8O.CH4O/c1-2-3-4-5;1-2/h2,5H,1,3-4H2;2H,1H3. The second-order valence-electron chi connectivity index (χ2n) is 0.801. The van der Waals surface area contributed by atoms with E-state index in [-0.39, 0.29) is 6.61 Å². The van der Waals surface area contributed by atoms with E-state index in [1.54, 1.807) is 6.08 Å². The number of rotatable bonds is 2. The van der Waals surface area contributed by atoms with Crippen LogP contribution in [0.4, 0.5) is 0 Å². The first-order valence-corrected chi connectivity index (χ1v) is 2.08. The number of hydrogen-bond acceptors (Lipinski definition) is 2. The molecule has 0 aromatic rings. The third-order valence-corrected chi connectivity index (χ3v) is 0.333. The Hall–Kier alpha value is -0.340. The first-order chi connectivity index (χ1) is 3.41. The van der Waals surface area contributed by atoms with Crippen molar-refractivity contribution in [1.82, 2.24) is 0 Å². The molecule has 2 nitrogen and oxygen atoms in total. The molecular weight excluding hydrogens is 92.1 g/mol. The summed E-state index contributed by atoms with van der Waals surface area (Å²) in [5.41, 5.74) is 0.